The van der Waals surface area contributed by atoms with E-state index in [-0.39, 0.29) is 40.1 Å². The van der Waals surface area contributed by atoms with Crippen LogP contribution in [0.4, 0.5) is 0 Å². The fourth-order valence-electron chi connectivity index (χ4n) is 5.28. The fraction of sp³-hybridized carbons (Fsp3) is 0.0889. The molecule has 7 rings (SSSR count). The van der Waals surface area contributed by atoms with Crippen molar-refractivity contribution < 1.29 is 32.7 Å². The number of benzene rings is 7. The van der Waals surface area contributed by atoms with E-state index in [0.29, 0.717) is 0 Å². The third-order valence-corrected chi connectivity index (χ3v) is 7.12. The van der Waals surface area contributed by atoms with Gasteiger partial charge in [-0.1, -0.05) is 210 Å². The fourth-order valence-corrected chi connectivity index (χ4v) is 5.28. The molecule has 0 heterocycles. The maximum atomic E-state index is 2.25. The van der Waals surface area contributed by atoms with Crippen molar-refractivity contribution in [2.75, 3.05) is 0 Å². The molecule has 7 aromatic rings. The molecular formula is C45H45Y-. The van der Waals surface area contributed by atoms with E-state index in [1.54, 1.807) is 0 Å². The van der Waals surface area contributed by atoms with Gasteiger partial charge in [-0.05, 0) is 54.9 Å². The van der Waals surface area contributed by atoms with Crippen LogP contribution in [-0.2, 0) is 32.7 Å². The molecule has 0 bridgehead atoms. The molecule has 229 valence electrons. The molecule has 46 heavy (non-hydrogen) atoms. The van der Waals surface area contributed by atoms with Gasteiger partial charge in [0.05, 0.1) is 0 Å². The van der Waals surface area contributed by atoms with E-state index < -0.39 is 0 Å². The molecule has 0 N–H and O–H groups in total. The second kappa shape index (κ2) is 20.8. The third kappa shape index (κ3) is 9.70. The molecule has 1 heteroatoms. The van der Waals surface area contributed by atoms with Crippen molar-refractivity contribution in [2.45, 2.75) is 27.7 Å². The van der Waals surface area contributed by atoms with Crippen LogP contribution < -0.4 is 0 Å². The van der Waals surface area contributed by atoms with Crippen molar-refractivity contribution in [3.8, 4) is 22.3 Å². The van der Waals surface area contributed by atoms with Gasteiger partial charge in [0.1, 0.15) is 0 Å². The molecule has 0 atom stereocenters. The van der Waals surface area contributed by atoms with Crippen LogP contribution in [-0.4, -0.2) is 0 Å². The van der Waals surface area contributed by atoms with E-state index in [4.69, 9.17) is 0 Å². The van der Waals surface area contributed by atoms with Crippen LogP contribution in [0.3, 0.4) is 0 Å². The van der Waals surface area contributed by atoms with Gasteiger partial charge < -0.3 is 7.43 Å². The monoisotopic (exact) mass is 674 g/mol. The second-order valence-corrected chi connectivity index (χ2v) is 9.73. The van der Waals surface area contributed by atoms with Crippen LogP contribution in [0.25, 0.3) is 56.0 Å². The quantitative estimate of drug-likeness (QED) is 0.0990. The molecule has 0 aliphatic rings. The first-order valence-electron chi connectivity index (χ1n) is 15.7. The largest absolute Gasteiger partial charge is 0.358 e. The number of fused-ring (bicyclic) bond motifs is 2. The zero-order valence-electron chi connectivity index (χ0n) is 27.9. The van der Waals surface area contributed by atoms with Gasteiger partial charge in [0.15, 0.2) is 0 Å². The molecule has 0 fully saturated rings. The Kier molecular flexibility index (Phi) is 17.3. The Bertz CT molecular complexity index is 1660. The SMILES string of the molecule is C(=Cc1ccccc1)c1ccccc1.CC.CC.[CH3-].[Y].c1ccc(-c2c3ccccc3c(-c3ccccc3)c3ccccc23)cc1. The minimum absolute atomic E-state index is 0. The van der Waals surface area contributed by atoms with Crippen molar-refractivity contribution >= 4 is 33.7 Å². The first-order chi connectivity index (χ1) is 21.9. The van der Waals surface area contributed by atoms with Crippen LogP contribution >= 0.6 is 0 Å². The normalized spacial score (nSPS) is 9.74. The van der Waals surface area contributed by atoms with Crippen LogP contribution in [0.5, 0.6) is 0 Å². The summed E-state index contributed by atoms with van der Waals surface area (Å²) in [5.41, 5.74) is 7.62. The van der Waals surface area contributed by atoms with Crippen LogP contribution in [0.2, 0.25) is 0 Å². The van der Waals surface area contributed by atoms with E-state index in [0.717, 1.165) is 0 Å². The number of hydrogen-bond donors (Lipinski definition) is 0. The van der Waals surface area contributed by atoms with E-state index >= 15 is 0 Å². The predicted octanol–water partition coefficient (Wildman–Crippen LogP) is 13.7. The van der Waals surface area contributed by atoms with E-state index in [1.807, 2.05) is 64.1 Å². The number of rotatable bonds is 4. The third-order valence-electron chi connectivity index (χ3n) is 7.12. The van der Waals surface area contributed by atoms with E-state index in [9.17, 15) is 0 Å². The average molecular weight is 675 g/mol. The second-order valence-electron chi connectivity index (χ2n) is 9.73. The van der Waals surface area contributed by atoms with E-state index in [2.05, 4.69) is 146 Å². The summed E-state index contributed by atoms with van der Waals surface area (Å²) in [4.78, 5) is 0. The summed E-state index contributed by atoms with van der Waals surface area (Å²) in [6.07, 6.45) is 4.24. The Hall–Kier alpha value is -4.10. The summed E-state index contributed by atoms with van der Waals surface area (Å²) < 4.78 is 0. The molecule has 0 nitrogen and oxygen atoms in total. The molecule has 0 saturated carbocycles. The Morgan fingerprint density at radius 3 is 0.783 bits per heavy atom. The first kappa shape index (κ1) is 38.1. The molecule has 0 aliphatic carbocycles. The molecule has 0 spiro atoms. The van der Waals surface area contributed by atoms with Gasteiger partial charge in [0.2, 0.25) is 0 Å². The topological polar surface area (TPSA) is 0 Å². The summed E-state index contributed by atoms with van der Waals surface area (Å²) >= 11 is 0. The summed E-state index contributed by atoms with van der Waals surface area (Å²) in [6.45, 7) is 8.00. The van der Waals surface area contributed by atoms with Gasteiger partial charge in [-0.15, -0.1) is 0 Å². The standard InChI is InChI=1S/C26H18.C14H12.2C2H6.CH3.Y/c1-3-11-19(12-4-1)25-21-15-7-9-17-23(21)26(20-13-5-2-6-14-20)24-18-10-8-16-22(24)25;1-3-7-13(8-4-1)11-12-14-9-5-2-6-10-14;2*1-2;;/h1-18H;1-12H;2*1-2H3;1H3;/q;;;;-1;. The molecular weight excluding hydrogens is 629 g/mol. The smallest absolute Gasteiger partial charge is 0 e. The predicted molar refractivity (Wildman–Crippen MR) is 203 cm³/mol. The van der Waals surface area contributed by atoms with Gasteiger partial charge in [-0.25, -0.2) is 0 Å². The zero-order chi connectivity index (χ0) is 31.0. The summed E-state index contributed by atoms with van der Waals surface area (Å²) in [5.74, 6) is 0. The molecule has 1 radical (unpaired) electrons. The van der Waals surface area contributed by atoms with Gasteiger partial charge >= 0.3 is 0 Å². The van der Waals surface area contributed by atoms with Crippen molar-refractivity contribution in [2.24, 2.45) is 0 Å². The van der Waals surface area contributed by atoms with Gasteiger partial charge in [0.25, 0.3) is 0 Å². The Morgan fingerprint density at radius 1 is 0.304 bits per heavy atom. The Labute approximate surface area is 302 Å². The molecule has 0 unspecified atom stereocenters. The average Bonchev–Trinajstić information content (AvgIpc) is 3.13. The summed E-state index contributed by atoms with van der Waals surface area (Å²) in [6, 6.07) is 59.6. The van der Waals surface area contributed by atoms with E-state index in [1.165, 1.54) is 54.9 Å². The van der Waals surface area contributed by atoms with Gasteiger partial charge in [-0.3, -0.25) is 0 Å². The van der Waals surface area contributed by atoms with Gasteiger partial charge in [-0.2, -0.15) is 0 Å². The molecule has 7 aromatic carbocycles. The first-order valence-corrected chi connectivity index (χ1v) is 15.7. The van der Waals surface area contributed by atoms with Crippen LogP contribution in [0.1, 0.15) is 38.8 Å². The minimum Gasteiger partial charge on any atom is -0.358 e. The zero-order valence-corrected chi connectivity index (χ0v) is 30.7. The maximum Gasteiger partial charge on any atom is 0 e. The van der Waals surface area contributed by atoms with Crippen molar-refractivity contribution in [1.29, 1.82) is 0 Å². The Morgan fingerprint density at radius 2 is 0.522 bits per heavy atom. The minimum atomic E-state index is 0. The van der Waals surface area contributed by atoms with Crippen molar-refractivity contribution in [3.05, 3.63) is 188 Å². The van der Waals surface area contributed by atoms with Crippen LogP contribution in [0.15, 0.2) is 170 Å². The number of hydrogen-bond acceptors (Lipinski definition) is 0. The summed E-state index contributed by atoms with van der Waals surface area (Å²) in [5, 5.41) is 5.21. The molecule has 0 amide bonds. The Balaban J connectivity index is 0.000000316. The molecule has 0 aliphatic heterocycles. The van der Waals surface area contributed by atoms with Crippen molar-refractivity contribution in [1.82, 2.24) is 0 Å². The van der Waals surface area contributed by atoms with Crippen molar-refractivity contribution in [3.63, 3.8) is 0 Å². The molecule has 0 saturated heterocycles. The maximum absolute atomic E-state index is 2.25. The molecule has 0 aromatic heterocycles. The van der Waals surface area contributed by atoms with Gasteiger partial charge in [0, 0.05) is 32.7 Å². The van der Waals surface area contributed by atoms with Crippen LogP contribution in [0, 0.1) is 7.43 Å². The summed E-state index contributed by atoms with van der Waals surface area (Å²) in [7, 11) is 0.